The van der Waals surface area contributed by atoms with E-state index in [9.17, 15) is 13.6 Å². The van der Waals surface area contributed by atoms with Crippen molar-refractivity contribution in [3.63, 3.8) is 0 Å². The monoisotopic (exact) mass is 251 g/mol. The minimum atomic E-state index is -1.04. The first-order valence-corrected chi connectivity index (χ1v) is 6.21. The van der Waals surface area contributed by atoms with E-state index in [4.69, 9.17) is 0 Å². The molecule has 0 bridgehead atoms. The smallest absolute Gasteiger partial charge is 0.211 e. The van der Waals surface area contributed by atoms with Gasteiger partial charge in [-0.05, 0) is 30.9 Å². The predicted octanol–water partition coefficient (Wildman–Crippen LogP) is 3.63. The largest absolute Gasteiger partial charge is 0.235 e. The fourth-order valence-corrected chi connectivity index (χ4v) is 2.76. The summed E-state index contributed by atoms with van der Waals surface area (Å²) in [5, 5.41) is 0. The number of aliphatic imine (C=N–C) groups is 1. The second-order valence-electron chi connectivity index (χ2n) is 4.69. The predicted molar refractivity (Wildman–Crippen MR) is 64.0 cm³/mol. The van der Waals surface area contributed by atoms with Crippen LogP contribution in [0.3, 0.4) is 0 Å². The normalized spacial score (nSPS) is 17.5. The zero-order valence-corrected chi connectivity index (χ0v) is 10.3. The molecule has 0 N–H and O–H groups in total. The van der Waals surface area contributed by atoms with Crippen LogP contribution in [-0.2, 0) is 16.8 Å². The average Bonchev–Trinajstić information content (AvgIpc) is 2.79. The Morgan fingerprint density at radius 2 is 2.00 bits per heavy atom. The number of benzene rings is 1. The highest BCUT2D eigenvalue weighted by molar-refractivity contribution is 5.41. The summed E-state index contributed by atoms with van der Waals surface area (Å²) in [6, 6.07) is 2.71. The van der Waals surface area contributed by atoms with Crippen molar-refractivity contribution in [2.45, 2.75) is 44.6 Å². The number of hydrogen-bond donors (Lipinski definition) is 0. The molecule has 1 aromatic carbocycles. The summed E-state index contributed by atoms with van der Waals surface area (Å²) in [5.74, 6) is -1.18. The Labute approximate surface area is 105 Å². The number of carbonyl (C=O) groups excluding carboxylic acids is 1. The van der Waals surface area contributed by atoms with Crippen molar-refractivity contribution in [2.75, 3.05) is 0 Å². The molecule has 0 aliphatic heterocycles. The molecular formula is C14H15F2NO. The van der Waals surface area contributed by atoms with Gasteiger partial charge in [-0.2, -0.15) is 4.99 Å². The minimum Gasteiger partial charge on any atom is -0.211 e. The zero-order valence-electron chi connectivity index (χ0n) is 10.3. The van der Waals surface area contributed by atoms with Gasteiger partial charge >= 0.3 is 0 Å². The Bertz CT molecular complexity index is 501. The molecule has 1 fully saturated rings. The van der Waals surface area contributed by atoms with Crippen LogP contribution in [0.2, 0.25) is 0 Å². The first-order valence-electron chi connectivity index (χ1n) is 6.21. The summed E-state index contributed by atoms with van der Waals surface area (Å²) in [6.45, 7) is 1.81. The maximum atomic E-state index is 14.3. The van der Waals surface area contributed by atoms with Crippen molar-refractivity contribution in [3.8, 4) is 0 Å². The molecule has 1 saturated carbocycles. The van der Waals surface area contributed by atoms with Gasteiger partial charge in [0.15, 0.2) is 0 Å². The SMILES string of the molecule is CCc1ccc(F)c(C2(N=C=O)CCCC2)c1F. The highest BCUT2D eigenvalue weighted by Gasteiger charge is 2.40. The van der Waals surface area contributed by atoms with E-state index in [1.165, 1.54) is 18.2 Å². The fraction of sp³-hybridized carbons (Fsp3) is 0.500. The molecule has 0 saturated heterocycles. The lowest BCUT2D eigenvalue weighted by atomic mass is 9.86. The van der Waals surface area contributed by atoms with Crippen molar-refractivity contribution >= 4 is 6.08 Å². The van der Waals surface area contributed by atoms with Crippen LogP contribution in [0.15, 0.2) is 17.1 Å². The maximum Gasteiger partial charge on any atom is 0.235 e. The molecule has 0 unspecified atom stereocenters. The van der Waals surface area contributed by atoms with Crippen molar-refractivity contribution in [1.82, 2.24) is 0 Å². The van der Waals surface area contributed by atoms with Crippen LogP contribution >= 0.6 is 0 Å². The zero-order chi connectivity index (χ0) is 13.2. The van der Waals surface area contributed by atoms with Crippen molar-refractivity contribution in [3.05, 3.63) is 34.9 Å². The van der Waals surface area contributed by atoms with Gasteiger partial charge in [0.2, 0.25) is 6.08 Å². The Hall–Kier alpha value is -1.54. The summed E-state index contributed by atoms with van der Waals surface area (Å²) in [7, 11) is 0. The van der Waals surface area contributed by atoms with E-state index in [1.54, 1.807) is 0 Å². The van der Waals surface area contributed by atoms with Crippen LogP contribution in [0.5, 0.6) is 0 Å². The highest BCUT2D eigenvalue weighted by atomic mass is 19.1. The fourth-order valence-electron chi connectivity index (χ4n) is 2.76. The van der Waals surface area contributed by atoms with Gasteiger partial charge in [-0.3, -0.25) is 0 Å². The lowest BCUT2D eigenvalue weighted by Crippen LogP contribution is -2.23. The van der Waals surface area contributed by atoms with E-state index < -0.39 is 17.2 Å². The maximum absolute atomic E-state index is 14.3. The summed E-state index contributed by atoms with van der Waals surface area (Å²) in [6.07, 6.45) is 4.61. The van der Waals surface area contributed by atoms with Gasteiger partial charge in [0.05, 0.1) is 5.56 Å². The van der Waals surface area contributed by atoms with Crippen LogP contribution in [0.4, 0.5) is 8.78 Å². The van der Waals surface area contributed by atoms with E-state index in [0.29, 0.717) is 24.8 Å². The van der Waals surface area contributed by atoms with Gasteiger partial charge in [0.25, 0.3) is 0 Å². The lowest BCUT2D eigenvalue weighted by Gasteiger charge is -2.24. The molecule has 1 aliphatic carbocycles. The van der Waals surface area contributed by atoms with Gasteiger partial charge in [-0.1, -0.05) is 25.8 Å². The standard InChI is InChI=1S/C14H15F2NO/c1-2-10-5-6-11(15)12(13(10)16)14(17-9-18)7-3-4-8-14/h5-6H,2-4,7-8H2,1H3. The minimum absolute atomic E-state index is 0.0531. The molecule has 0 radical (unpaired) electrons. The molecule has 96 valence electrons. The van der Waals surface area contributed by atoms with Crippen molar-refractivity contribution in [1.29, 1.82) is 0 Å². The quantitative estimate of drug-likeness (QED) is 0.595. The first kappa shape index (κ1) is 12.9. The molecule has 2 rings (SSSR count). The van der Waals surface area contributed by atoms with E-state index >= 15 is 0 Å². The third-order valence-electron chi connectivity index (χ3n) is 3.71. The molecule has 0 spiro atoms. The van der Waals surface area contributed by atoms with Gasteiger partial charge < -0.3 is 0 Å². The van der Waals surface area contributed by atoms with Crippen LogP contribution in [-0.4, -0.2) is 6.08 Å². The molecule has 0 heterocycles. The number of nitrogens with zero attached hydrogens (tertiary/aromatic N) is 1. The third kappa shape index (κ3) is 1.97. The molecule has 0 atom stereocenters. The second kappa shape index (κ2) is 4.99. The van der Waals surface area contributed by atoms with Crippen LogP contribution in [0, 0.1) is 11.6 Å². The number of isocyanates is 1. The molecule has 4 heteroatoms. The van der Waals surface area contributed by atoms with E-state index in [1.807, 2.05) is 6.92 Å². The van der Waals surface area contributed by atoms with Gasteiger partial charge in [0.1, 0.15) is 17.2 Å². The van der Waals surface area contributed by atoms with Gasteiger partial charge in [0, 0.05) is 0 Å². The van der Waals surface area contributed by atoms with Crippen LogP contribution < -0.4 is 0 Å². The molecule has 0 amide bonds. The van der Waals surface area contributed by atoms with E-state index in [-0.39, 0.29) is 5.56 Å². The highest BCUT2D eigenvalue weighted by Crippen LogP contribution is 2.44. The Kier molecular flexibility index (Phi) is 3.58. The molecule has 1 aromatic rings. The topological polar surface area (TPSA) is 29.4 Å². The molecule has 0 aromatic heterocycles. The molecule has 18 heavy (non-hydrogen) atoms. The van der Waals surface area contributed by atoms with E-state index in [2.05, 4.69) is 4.99 Å². The van der Waals surface area contributed by atoms with Crippen LogP contribution in [0.25, 0.3) is 0 Å². The lowest BCUT2D eigenvalue weighted by molar-refractivity contribution is 0.402. The summed E-state index contributed by atoms with van der Waals surface area (Å²) in [4.78, 5) is 14.3. The van der Waals surface area contributed by atoms with Crippen molar-refractivity contribution in [2.24, 2.45) is 4.99 Å². The second-order valence-corrected chi connectivity index (χ2v) is 4.69. The molecule has 2 nitrogen and oxygen atoms in total. The Balaban J connectivity index is 2.64. The number of halogens is 2. The van der Waals surface area contributed by atoms with Gasteiger partial charge in [-0.25, -0.2) is 13.6 Å². The summed E-state index contributed by atoms with van der Waals surface area (Å²) < 4.78 is 28.3. The number of rotatable bonds is 3. The third-order valence-corrected chi connectivity index (χ3v) is 3.71. The molecular weight excluding hydrogens is 236 g/mol. The van der Waals surface area contributed by atoms with Crippen molar-refractivity contribution < 1.29 is 13.6 Å². The number of hydrogen-bond acceptors (Lipinski definition) is 2. The molecule has 1 aliphatic rings. The summed E-state index contributed by atoms with van der Waals surface area (Å²) in [5.41, 5.74) is -0.636. The summed E-state index contributed by atoms with van der Waals surface area (Å²) >= 11 is 0. The Morgan fingerprint density at radius 1 is 1.33 bits per heavy atom. The van der Waals surface area contributed by atoms with Crippen LogP contribution in [0.1, 0.15) is 43.7 Å². The van der Waals surface area contributed by atoms with Gasteiger partial charge in [-0.15, -0.1) is 0 Å². The Morgan fingerprint density at radius 3 is 2.56 bits per heavy atom. The van der Waals surface area contributed by atoms with E-state index in [0.717, 1.165) is 12.8 Å². The average molecular weight is 251 g/mol. The first-order chi connectivity index (χ1) is 8.64. The number of aryl methyl sites for hydroxylation is 1.